The lowest BCUT2D eigenvalue weighted by Crippen LogP contribution is -2.25. The van der Waals surface area contributed by atoms with Gasteiger partial charge in [-0.1, -0.05) is 13.0 Å². The van der Waals surface area contributed by atoms with Gasteiger partial charge in [0, 0.05) is 0 Å². The maximum absolute atomic E-state index is 14.0. The van der Waals surface area contributed by atoms with E-state index in [0.717, 1.165) is 12.0 Å². The second kappa shape index (κ2) is 8.09. The number of aryl methyl sites for hydroxylation is 1. The minimum absolute atomic E-state index is 0.221. The maximum Gasteiger partial charge on any atom is 0.276 e. The first-order chi connectivity index (χ1) is 11.5. The molecular weight excluding hydrogens is 309 g/mol. The zero-order valence-electron chi connectivity index (χ0n) is 13.5. The normalized spacial score (nSPS) is 10.1. The van der Waals surface area contributed by atoms with Gasteiger partial charge >= 0.3 is 0 Å². The highest BCUT2D eigenvalue weighted by Crippen LogP contribution is 2.25. The highest BCUT2D eigenvalue weighted by molar-refractivity contribution is 6.00. The molecule has 0 spiro atoms. The number of rotatable bonds is 6. The molecule has 0 fully saturated rings. The van der Waals surface area contributed by atoms with Crippen molar-refractivity contribution in [2.24, 2.45) is 0 Å². The molecule has 5 nitrogen and oxygen atoms in total. The Labute approximate surface area is 140 Å². The maximum atomic E-state index is 14.0. The fraction of sp³-hybridized carbons (Fsp3) is 0.222. The molecule has 124 valence electrons. The number of hydrogen-bond acceptors (Lipinski definition) is 4. The van der Waals surface area contributed by atoms with Gasteiger partial charge in [0.2, 0.25) is 0 Å². The molecule has 0 aromatic heterocycles. The first kappa shape index (κ1) is 17.4. The van der Waals surface area contributed by atoms with Crippen molar-refractivity contribution in [2.75, 3.05) is 11.9 Å². The van der Waals surface area contributed by atoms with Crippen LogP contribution in [0.4, 0.5) is 15.8 Å². The number of hydroxylamine groups is 1. The number of nitrogens with zero attached hydrogens (tertiary/aromatic N) is 1. The second-order valence-electron chi connectivity index (χ2n) is 5.26. The quantitative estimate of drug-likeness (QED) is 0.625. The highest BCUT2D eigenvalue weighted by atomic mass is 19.1. The van der Waals surface area contributed by atoms with Gasteiger partial charge < -0.3 is 5.32 Å². The molecule has 2 aromatic carbocycles. The molecule has 2 aromatic rings. The van der Waals surface area contributed by atoms with Gasteiger partial charge in [-0.2, -0.15) is 5.26 Å². The number of nitrogens with one attached hydrogen (secondary N) is 2. The molecule has 24 heavy (non-hydrogen) atoms. The lowest BCUT2D eigenvalue weighted by atomic mass is 10.1. The summed E-state index contributed by atoms with van der Waals surface area (Å²) in [6, 6.07) is 11.2. The van der Waals surface area contributed by atoms with E-state index in [2.05, 4.69) is 10.8 Å². The molecule has 0 unspecified atom stereocenters. The van der Waals surface area contributed by atoms with E-state index in [9.17, 15) is 9.18 Å². The molecule has 2 rings (SSSR count). The Balaban J connectivity index is 2.32. The van der Waals surface area contributed by atoms with Crippen LogP contribution in [0.15, 0.2) is 36.4 Å². The van der Waals surface area contributed by atoms with Gasteiger partial charge in [0.15, 0.2) is 0 Å². The summed E-state index contributed by atoms with van der Waals surface area (Å²) >= 11 is 0. The van der Waals surface area contributed by atoms with E-state index < -0.39 is 11.7 Å². The Kier molecular flexibility index (Phi) is 5.88. The number of nitriles is 1. The summed E-state index contributed by atoms with van der Waals surface area (Å²) < 4.78 is 14.0. The van der Waals surface area contributed by atoms with E-state index in [1.165, 1.54) is 24.3 Å². The summed E-state index contributed by atoms with van der Waals surface area (Å²) in [7, 11) is 0. The van der Waals surface area contributed by atoms with Crippen molar-refractivity contribution in [2.45, 2.75) is 20.3 Å². The number of anilines is 2. The summed E-state index contributed by atoms with van der Waals surface area (Å²) in [5.74, 6) is -0.908. The molecule has 1 amide bonds. The van der Waals surface area contributed by atoms with Crippen LogP contribution < -0.4 is 10.8 Å². The van der Waals surface area contributed by atoms with Crippen LogP contribution in [-0.4, -0.2) is 12.5 Å². The summed E-state index contributed by atoms with van der Waals surface area (Å²) in [6.07, 6.45) is 0.757. The molecular formula is C18H18FN3O2. The van der Waals surface area contributed by atoms with Crippen LogP contribution in [0.2, 0.25) is 0 Å². The van der Waals surface area contributed by atoms with Crippen molar-refractivity contribution in [1.29, 1.82) is 5.26 Å². The van der Waals surface area contributed by atoms with Crippen LogP contribution in [0, 0.1) is 24.1 Å². The fourth-order valence-corrected chi connectivity index (χ4v) is 2.06. The largest absolute Gasteiger partial charge is 0.352 e. The third-order valence-electron chi connectivity index (χ3n) is 3.26. The standard InChI is InChI=1S/C18H18FN3O2/c1-3-8-24-22-18(23)14-6-5-13(11-20)10-17(14)21-16-7-4-12(2)9-15(16)19/h4-7,9-10,21H,3,8H2,1-2H3,(H,22,23). The van der Waals surface area contributed by atoms with Crippen molar-refractivity contribution >= 4 is 17.3 Å². The third-order valence-corrected chi connectivity index (χ3v) is 3.26. The van der Waals surface area contributed by atoms with Gasteiger partial charge in [-0.05, 0) is 49.2 Å². The van der Waals surface area contributed by atoms with Crippen LogP contribution in [-0.2, 0) is 4.84 Å². The number of halogens is 1. The first-order valence-corrected chi connectivity index (χ1v) is 7.54. The van der Waals surface area contributed by atoms with E-state index in [-0.39, 0.29) is 11.3 Å². The second-order valence-corrected chi connectivity index (χ2v) is 5.26. The van der Waals surface area contributed by atoms with Crippen LogP contribution in [0.1, 0.15) is 34.8 Å². The molecule has 0 bridgehead atoms. The smallest absolute Gasteiger partial charge is 0.276 e. The van der Waals surface area contributed by atoms with Gasteiger partial charge in [-0.25, -0.2) is 9.87 Å². The summed E-state index contributed by atoms with van der Waals surface area (Å²) in [6.45, 7) is 4.09. The average Bonchev–Trinajstić information content (AvgIpc) is 2.57. The third kappa shape index (κ3) is 4.31. The minimum atomic E-state index is -0.469. The van der Waals surface area contributed by atoms with Gasteiger partial charge in [0.25, 0.3) is 5.91 Å². The Hall–Kier alpha value is -2.91. The lowest BCUT2D eigenvalue weighted by molar-refractivity contribution is 0.0316. The van der Waals surface area contributed by atoms with Crippen molar-refractivity contribution < 1.29 is 14.0 Å². The van der Waals surface area contributed by atoms with E-state index in [1.807, 2.05) is 13.0 Å². The number of carbonyl (C=O) groups is 1. The minimum Gasteiger partial charge on any atom is -0.352 e. The van der Waals surface area contributed by atoms with Crippen molar-refractivity contribution in [3.8, 4) is 6.07 Å². The first-order valence-electron chi connectivity index (χ1n) is 7.54. The highest BCUT2D eigenvalue weighted by Gasteiger charge is 2.14. The molecule has 0 aliphatic carbocycles. The monoisotopic (exact) mass is 327 g/mol. The molecule has 0 aliphatic heterocycles. The summed E-state index contributed by atoms with van der Waals surface area (Å²) in [4.78, 5) is 17.3. The number of carbonyl (C=O) groups excluding carboxylic acids is 1. The van der Waals surface area contributed by atoms with Gasteiger partial charge in [0.05, 0.1) is 35.2 Å². The van der Waals surface area contributed by atoms with Crippen molar-refractivity contribution in [3.05, 3.63) is 58.9 Å². The summed E-state index contributed by atoms with van der Waals surface area (Å²) in [5, 5.41) is 11.9. The molecule has 6 heteroatoms. The van der Waals surface area contributed by atoms with Crippen LogP contribution in [0.5, 0.6) is 0 Å². The van der Waals surface area contributed by atoms with E-state index in [4.69, 9.17) is 10.1 Å². The van der Waals surface area contributed by atoms with Crippen LogP contribution >= 0.6 is 0 Å². The molecule has 0 radical (unpaired) electrons. The van der Waals surface area contributed by atoms with Crippen molar-refractivity contribution in [3.63, 3.8) is 0 Å². The predicted octanol–water partition coefficient (Wildman–Crippen LogP) is 3.82. The van der Waals surface area contributed by atoms with E-state index >= 15 is 0 Å². The molecule has 0 atom stereocenters. The average molecular weight is 327 g/mol. The Bertz CT molecular complexity index is 784. The molecule has 0 saturated carbocycles. The zero-order valence-corrected chi connectivity index (χ0v) is 13.5. The van der Waals surface area contributed by atoms with Gasteiger partial charge in [-0.15, -0.1) is 0 Å². The zero-order chi connectivity index (χ0) is 17.5. The molecule has 2 N–H and O–H groups in total. The van der Waals surface area contributed by atoms with Gasteiger partial charge in [-0.3, -0.25) is 9.63 Å². The van der Waals surface area contributed by atoms with E-state index in [1.54, 1.807) is 19.1 Å². The Morgan fingerprint density at radius 1 is 1.25 bits per heavy atom. The summed E-state index contributed by atoms with van der Waals surface area (Å²) in [5.41, 5.74) is 4.28. The van der Waals surface area contributed by atoms with E-state index in [0.29, 0.717) is 17.9 Å². The number of amides is 1. The molecule has 0 aliphatic rings. The molecule has 0 heterocycles. The lowest BCUT2D eigenvalue weighted by Gasteiger charge is -2.13. The number of hydrogen-bond donors (Lipinski definition) is 2. The molecule has 0 saturated heterocycles. The van der Waals surface area contributed by atoms with Crippen LogP contribution in [0.3, 0.4) is 0 Å². The predicted molar refractivity (Wildman–Crippen MR) is 89.3 cm³/mol. The fourth-order valence-electron chi connectivity index (χ4n) is 2.06. The number of benzene rings is 2. The van der Waals surface area contributed by atoms with Gasteiger partial charge in [0.1, 0.15) is 5.82 Å². The Morgan fingerprint density at radius 3 is 2.71 bits per heavy atom. The topological polar surface area (TPSA) is 74.1 Å². The SMILES string of the molecule is CCCONC(=O)c1ccc(C#N)cc1Nc1ccc(C)cc1F. The Morgan fingerprint density at radius 2 is 2.04 bits per heavy atom. The van der Waals surface area contributed by atoms with Crippen LogP contribution in [0.25, 0.3) is 0 Å². The van der Waals surface area contributed by atoms with Crippen molar-refractivity contribution in [1.82, 2.24) is 5.48 Å².